The van der Waals surface area contributed by atoms with Gasteiger partial charge in [-0.1, -0.05) is 5.16 Å². The standard InChI is InChI=1S/C12H16N4O2/c1-7-11(14-16(2)13-7)12(17)10-6-9(15-18-10)5-8-3-4-8/h6,8,12,17H,3-5H2,1-2H3. The summed E-state index contributed by atoms with van der Waals surface area (Å²) in [7, 11) is 1.72. The summed E-state index contributed by atoms with van der Waals surface area (Å²) in [5.41, 5.74) is 2.13. The van der Waals surface area contributed by atoms with Gasteiger partial charge in [-0.25, -0.2) is 0 Å². The maximum atomic E-state index is 10.2. The van der Waals surface area contributed by atoms with E-state index < -0.39 is 6.10 Å². The van der Waals surface area contributed by atoms with Crippen LogP contribution in [0.25, 0.3) is 0 Å². The molecule has 1 aliphatic rings. The zero-order valence-electron chi connectivity index (χ0n) is 10.5. The molecule has 6 heteroatoms. The predicted molar refractivity (Wildman–Crippen MR) is 62.7 cm³/mol. The molecule has 96 valence electrons. The van der Waals surface area contributed by atoms with Crippen LogP contribution in [0.2, 0.25) is 0 Å². The number of aliphatic hydroxyl groups excluding tert-OH is 1. The number of hydrogen-bond acceptors (Lipinski definition) is 5. The van der Waals surface area contributed by atoms with Gasteiger partial charge in [0.1, 0.15) is 5.69 Å². The van der Waals surface area contributed by atoms with Crippen LogP contribution in [0.15, 0.2) is 10.6 Å². The lowest BCUT2D eigenvalue weighted by Gasteiger charge is -2.02. The van der Waals surface area contributed by atoms with E-state index in [2.05, 4.69) is 15.4 Å². The second-order valence-electron chi connectivity index (χ2n) is 4.93. The fraction of sp³-hybridized carbons (Fsp3) is 0.583. The quantitative estimate of drug-likeness (QED) is 0.878. The van der Waals surface area contributed by atoms with Crippen molar-refractivity contribution in [3.05, 3.63) is 28.9 Å². The highest BCUT2D eigenvalue weighted by molar-refractivity contribution is 5.21. The van der Waals surface area contributed by atoms with Gasteiger partial charge in [-0.3, -0.25) is 0 Å². The lowest BCUT2D eigenvalue weighted by Crippen LogP contribution is -2.02. The largest absolute Gasteiger partial charge is 0.378 e. The molecule has 0 aromatic carbocycles. The first-order valence-electron chi connectivity index (χ1n) is 6.15. The highest BCUT2D eigenvalue weighted by Crippen LogP contribution is 2.33. The Kier molecular flexibility index (Phi) is 2.66. The summed E-state index contributed by atoms with van der Waals surface area (Å²) < 4.78 is 5.20. The summed E-state index contributed by atoms with van der Waals surface area (Å²) in [6.07, 6.45) is 2.59. The smallest absolute Gasteiger partial charge is 0.171 e. The van der Waals surface area contributed by atoms with Crippen LogP contribution in [0.5, 0.6) is 0 Å². The molecule has 0 radical (unpaired) electrons. The molecule has 1 unspecified atom stereocenters. The molecule has 0 amide bonds. The zero-order chi connectivity index (χ0) is 12.7. The minimum absolute atomic E-state index is 0.439. The van der Waals surface area contributed by atoms with Gasteiger partial charge < -0.3 is 9.63 Å². The van der Waals surface area contributed by atoms with E-state index in [0.29, 0.717) is 17.1 Å². The van der Waals surface area contributed by atoms with Crippen molar-refractivity contribution in [1.82, 2.24) is 20.2 Å². The Morgan fingerprint density at radius 1 is 1.50 bits per heavy atom. The molecule has 1 aliphatic carbocycles. The zero-order valence-corrected chi connectivity index (χ0v) is 10.5. The number of aryl methyl sites for hydroxylation is 2. The number of aliphatic hydroxyl groups is 1. The van der Waals surface area contributed by atoms with Gasteiger partial charge in [0, 0.05) is 13.1 Å². The minimum atomic E-state index is -0.890. The molecular formula is C12H16N4O2. The average molecular weight is 248 g/mol. The van der Waals surface area contributed by atoms with E-state index in [1.54, 1.807) is 7.05 Å². The van der Waals surface area contributed by atoms with Gasteiger partial charge >= 0.3 is 0 Å². The third kappa shape index (κ3) is 2.15. The molecule has 1 fully saturated rings. The lowest BCUT2D eigenvalue weighted by molar-refractivity contribution is 0.170. The van der Waals surface area contributed by atoms with E-state index in [1.807, 2.05) is 13.0 Å². The number of nitrogens with zero attached hydrogens (tertiary/aromatic N) is 4. The molecule has 0 bridgehead atoms. The molecule has 0 saturated heterocycles. The maximum Gasteiger partial charge on any atom is 0.171 e. The second kappa shape index (κ2) is 4.20. The van der Waals surface area contributed by atoms with Crippen molar-refractivity contribution in [3.63, 3.8) is 0 Å². The van der Waals surface area contributed by atoms with Gasteiger partial charge in [-0.05, 0) is 32.1 Å². The van der Waals surface area contributed by atoms with Crippen molar-refractivity contribution in [2.75, 3.05) is 0 Å². The van der Waals surface area contributed by atoms with Gasteiger partial charge in [-0.2, -0.15) is 15.0 Å². The molecular weight excluding hydrogens is 232 g/mol. The summed E-state index contributed by atoms with van der Waals surface area (Å²) >= 11 is 0. The van der Waals surface area contributed by atoms with Crippen LogP contribution in [0.1, 0.15) is 41.8 Å². The fourth-order valence-electron chi connectivity index (χ4n) is 2.08. The Morgan fingerprint density at radius 2 is 2.28 bits per heavy atom. The Hall–Kier alpha value is -1.69. The van der Waals surface area contributed by atoms with Gasteiger partial charge in [0.25, 0.3) is 0 Å². The van der Waals surface area contributed by atoms with Crippen LogP contribution in [-0.4, -0.2) is 25.3 Å². The third-order valence-corrected chi connectivity index (χ3v) is 3.22. The molecule has 18 heavy (non-hydrogen) atoms. The second-order valence-corrected chi connectivity index (χ2v) is 4.93. The summed E-state index contributed by atoms with van der Waals surface area (Å²) in [4.78, 5) is 1.44. The Labute approximate surface area is 105 Å². The topological polar surface area (TPSA) is 77.0 Å². The van der Waals surface area contributed by atoms with Crippen molar-refractivity contribution in [1.29, 1.82) is 0 Å². The molecule has 2 aromatic heterocycles. The van der Waals surface area contributed by atoms with Crippen molar-refractivity contribution >= 4 is 0 Å². The predicted octanol–water partition coefficient (Wildman–Crippen LogP) is 1.15. The first kappa shape index (κ1) is 11.4. The summed E-state index contributed by atoms with van der Waals surface area (Å²) in [5, 5.41) is 22.4. The molecule has 2 heterocycles. The summed E-state index contributed by atoms with van der Waals surface area (Å²) in [6, 6.07) is 1.82. The first-order chi connectivity index (χ1) is 8.63. The van der Waals surface area contributed by atoms with Crippen LogP contribution >= 0.6 is 0 Å². The minimum Gasteiger partial charge on any atom is -0.378 e. The van der Waals surface area contributed by atoms with E-state index in [-0.39, 0.29) is 0 Å². The van der Waals surface area contributed by atoms with Gasteiger partial charge in [0.05, 0.1) is 11.4 Å². The molecule has 1 atom stereocenters. The highest BCUT2D eigenvalue weighted by Gasteiger charge is 2.26. The average Bonchev–Trinajstić information content (AvgIpc) is 2.89. The normalized spacial score (nSPS) is 17.1. The fourth-order valence-corrected chi connectivity index (χ4v) is 2.08. The molecule has 0 aliphatic heterocycles. The molecule has 6 nitrogen and oxygen atoms in total. The summed E-state index contributed by atoms with van der Waals surface area (Å²) in [5.74, 6) is 1.19. The molecule has 1 N–H and O–H groups in total. The molecule has 2 aromatic rings. The van der Waals surface area contributed by atoms with Crippen LogP contribution in [0.4, 0.5) is 0 Å². The third-order valence-electron chi connectivity index (χ3n) is 3.22. The highest BCUT2D eigenvalue weighted by atomic mass is 16.5. The lowest BCUT2D eigenvalue weighted by atomic mass is 10.1. The van der Waals surface area contributed by atoms with E-state index >= 15 is 0 Å². The monoisotopic (exact) mass is 248 g/mol. The van der Waals surface area contributed by atoms with E-state index in [9.17, 15) is 5.11 Å². The Balaban J connectivity index is 1.80. The van der Waals surface area contributed by atoms with E-state index in [4.69, 9.17) is 4.52 Å². The van der Waals surface area contributed by atoms with Crippen molar-refractivity contribution in [2.45, 2.75) is 32.3 Å². The van der Waals surface area contributed by atoms with Crippen molar-refractivity contribution in [3.8, 4) is 0 Å². The number of rotatable bonds is 4. The number of hydrogen-bond donors (Lipinski definition) is 1. The Bertz CT molecular complexity index is 556. The van der Waals surface area contributed by atoms with E-state index in [1.165, 1.54) is 17.6 Å². The van der Waals surface area contributed by atoms with Gasteiger partial charge in [0.15, 0.2) is 11.9 Å². The molecule has 0 spiro atoms. The van der Waals surface area contributed by atoms with Crippen molar-refractivity contribution in [2.24, 2.45) is 13.0 Å². The van der Waals surface area contributed by atoms with Gasteiger partial charge in [0.2, 0.25) is 0 Å². The van der Waals surface area contributed by atoms with Crippen molar-refractivity contribution < 1.29 is 9.63 Å². The van der Waals surface area contributed by atoms with Gasteiger partial charge in [-0.15, -0.1) is 0 Å². The van der Waals surface area contributed by atoms with Crippen LogP contribution in [0.3, 0.4) is 0 Å². The SMILES string of the molecule is Cc1nn(C)nc1C(O)c1cc(CC2CC2)no1. The van der Waals surface area contributed by atoms with Crippen LogP contribution < -0.4 is 0 Å². The Morgan fingerprint density at radius 3 is 2.89 bits per heavy atom. The molecule has 3 rings (SSSR count). The molecule has 1 saturated carbocycles. The number of aromatic nitrogens is 4. The van der Waals surface area contributed by atoms with Crippen LogP contribution in [-0.2, 0) is 13.5 Å². The maximum absolute atomic E-state index is 10.2. The van der Waals surface area contributed by atoms with E-state index in [0.717, 1.165) is 18.0 Å². The summed E-state index contributed by atoms with van der Waals surface area (Å²) in [6.45, 7) is 1.81. The van der Waals surface area contributed by atoms with Crippen LogP contribution in [0, 0.1) is 12.8 Å². The first-order valence-corrected chi connectivity index (χ1v) is 6.15.